The summed E-state index contributed by atoms with van der Waals surface area (Å²) in [5.41, 5.74) is 0. The average Bonchev–Trinajstić information content (AvgIpc) is 2.71. The summed E-state index contributed by atoms with van der Waals surface area (Å²) in [5, 5.41) is 8.04. The van der Waals surface area contributed by atoms with Crippen LogP contribution in [0, 0.1) is 3.95 Å². The number of nitrogens with one attached hydrogen (secondary N) is 1. The number of aromatic nitrogens is 2. The number of nitrogens with zero attached hydrogens (tertiary/aromatic N) is 2. The molecule has 1 aromatic rings. The van der Waals surface area contributed by atoms with Crippen LogP contribution in [0.5, 0.6) is 0 Å². The van der Waals surface area contributed by atoms with Crippen molar-refractivity contribution in [2.75, 3.05) is 25.2 Å². The van der Waals surface area contributed by atoms with Crippen LogP contribution in [-0.2, 0) is 4.74 Å². The van der Waals surface area contributed by atoms with Crippen LogP contribution in [0.15, 0.2) is 0 Å². The molecule has 4 nitrogen and oxygen atoms in total. The number of aromatic amines is 1. The van der Waals surface area contributed by atoms with Crippen LogP contribution in [-0.4, -0.2) is 36.5 Å². The van der Waals surface area contributed by atoms with E-state index in [0.717, 1.165) is 28.5 Å². The molecule has 0 aliphatic heterocycles. The third-order valence-corrected chi connectivity index (χ3v) is 3.72. The summed E-state index contributed by atoms with van der Waals surface area (Å²) >= 11 is 6.59. The van der Waals surface area contributed by atoms with Crippen molar-refractivity contribution in [3.05, 3.63) is 3.95 Å². The number of ether oxygens (including phenoxy) is 1. The lowest BCUT2D eigenvalue weighted by Gasteiger charge is -2.29. The Morgan fingerprint density at radius 3 is 2.62 bits per heavy atom. The maximum atomic E-state index is 5.14. The van der Waals surface area contributed by atoms with Crippen LogP contribution in [0.25, 0.3) is 0 Å². The van der Waals surface area contributed by atoms with Gasteiger partial charge in [0.1, 0.15) is 0 Å². The zero-order valence-electron chi connectivity index (χ0n) is 10.0. The molecule has 0 aliphatic carbocycles. The van der Waals surface area contributed by atoms with Crippen LogP contribution in [0.2, 0.25) is 0 Å². The maximum Gasteiger partial charge on any atom is 0.207 e. The van der Waals surface area contributed by atoms with Gasteiger partial charge in [0, 0.05) is 19.7 Å². The third-order valence-electron chi connectivity index (χ3n) is 2.59. The molecule has 92 valence electrons. The second kappa shape index (κ2) is 6.98. The first-order valence-electron chi connectivity index (χ1n) is 5.54. The van der Waals surface area contributed by atoms with Crippen LogP contribution >= 0.6 is 23.6 Å². The van der Waals surface area contributed by atoms with E-state index in [4.69, 9.17) is 17.0 Å². The molecule has 0 spiro atoms. The molecular weight excluding hydrogens is 242 g/mol. The molecule has 1 heterocycles. The molecule has 0 aliphatic rings. The Hall–Kier alpha value is -0.460. The van der Waals surface area contributed by atoms with E-state index in [1.807, 2.05) is 0 Å². The Morgan fingerprint density at radius 1 is 1.50 bits per heavy atom. The first-order valence-corrected chi connectivity index (χ1v) is 6.76. The predicted molar refractivity (Wildman–Crippen MR) is 70.9 cm³/mol. The minimum atomic E-state index is 0.504. The fraction of sp³-hybridized carbons (Fsp3) is 0.800. The standard InChI is InChI=1S/C10H19N3OS2/c1-4-8(5-2)13(6-7-14-3)9-11-12-10(15)16-9/h8H,4-7H2,1-3H3,(H,12,15). The second-order valence-corrected chi connectivity index (χ2v) is 5.20. The minimum Gasteiger partial charge on any atom is -0.383 e. The molecule has 1 rings (SSSR count). The minimum absolute atomic E-state index is 0.504. The summed E-state index contributed by atoms with van der Waals surface area (Å²) in [5.74, 6) is 0. The number of rotatable bonds is 7. The highest BCUT2D eigenvalue weighted by Crippen LogP contribution is 2.22. The third kappa shape index (κ3) is 3.54. The summed E-state index contributed by atoms with van der Waals surface area (Å²) in [6.45, 7) is 5.96. The van der Waals surface area contributed by atoms with E-state index in [0.29, 0.717) is 12.6 Å². The number of hydrogen-bond donors (Lipinski definition) is 1. The van der Waals surface area contributed by atoms with Gasteiger partial charge in [-0.2, -0.15) is 0 Å². The van der Waals surface area contributed by atoms with Gasteiger partial charge < -0.3 is 9.64 Å². The zero-order chi connectivity index (χ0) is 12.0. The first kappa shape index (κ1) is 13.6. The lowest BCUT2D eigenvalue weighted by molar-refractivity contribution is 0.202. The fourth-order valence-electron chi connectivity index (χ4n) is 1.70. The van der Waals surface area contributed by atoms with Gasteiger partial charge in [-0.1, -0.05) is 25.2 Å². The SMILES string of the molecule is CCC(CC)N(CCOC)c1n[nH]c(=S)s1. The van der Waals surface area contributed by atoms with E-state index in [1.165, 1.54) is 11.3 Å². The Labute approximate surface area is 106 Å². The molecule has 1 N–H and O–H groups in total. The van der Waals surface area contributed by atoms with E-state index in [2.05, 4.69) is 28.9 Å². The normalized spacial score (nSPS) is 11.0. The lowest BCUT2D eigenvalue weighted by Crippen LogP contribution is -2.37. The number of methoxy groups -OCH3 is 1. The summed E-state index contributed by atoms with van der Waals surface area (Å²) in [7, 11) is 1.72. The molecule has 0 saturated carbocycles. The molecule has 0 unspecified atom stereocenters. The van der Waals surface area contributed by atoms with Crippen molar-refractivity contribution < 1.29 is 4.74 Å². The first-order chi connectivity index (χ1) is 7.72. The highest BCUT2D eigenvalue weighted by atomic mass is 32.1. The fourth-order valence-corrected chi connectivity index (χ4v) is 2.67. The van der Waals surface area contributed by atoms with E-state index >= 15 is 0 Å². The number of anilines is 1. The van der Waals surface area contributed by atoms with Crippen molar-refractivity contribution in [3.8, 4) is 0 Å². The van der Waals surface area contributed by atoms with Gasteiger partial charge in [0.2, 0.25) is 5.13 Å². The van der Waals surface area contributed by atoms with Crippen LogP contribution in [0.1, 0.15) is 26.7 Å². The Balaban J connectivity index is 2.81. The van der Waals surface area contributed by atoms with Crippen molar-refractivity contribution in [3.63, 3.8) is 0 Å². The van der Waals surface area contributed by atoms with Crippen molar-refractivity contribution in [1.29, 1.82) is 0 Å². The number of H-pyrrole nitrogens is 1. The van der Waals surface area contributed by atoms with E-state index in [1.54, 1.807) is 7.11 Å². The van der Waals surface area contributed by atoms with Gasteiger partial charge in [-0.3, -0.25) is 5.10 Å². The van der Waals surface area contributed by atoms with Crippen LogP contribution < -0.4 is 4.90 Å². The molecule has 0 radical (unpaired) electrons. The van der Waals surface area contributed by atoms with Crippen molar-refractivity contribution >= 4 is 28.7 Å². The Morgan fingerprint density at radius 2 is 2.19 bits per heavy atom. The van der Waals surface area contributed by atoms with Crippen LogP contribution in [0.3, 0.4) is 0 Å². The highest BCUT2D eigenvalue weighted by Gasteiger charge is 2.18. The van der Waals surface area contributed by atoms with Crippen LogP contribution in [0.4, 0.5) is 5.13 Å². The molecule has 0 amide bonds. The molecule has 1 aromatic heterocycles. The molecule has 0 aromatic carbocycles. The number of hydrogen-bond acceptors (Lipinski definition) is 5. The average molecular weight is 261 g/mol. The molecule has 0 bridgehead atoms. The maximum absolute atomic E-state index is 5.14. The predicted octanol–water partition coefficient (Wildman–Crippen LogP) is 2.84. The van der Waals surface area contributed by atoms with Gasteiger partial charge >= 0.3 is 0 Å². The molecule has 0 saturated heterocycles. The van der Waals surface area contributed by atoms with Gasteiger partial charge in [-0.15, -0.1) is 5.10 Å². The zero-order valence-corrected chi connectivity index (χ0v) is 11.7. The largest absolute Gasteiger partial charge is 0.383 e. The molecule has 0 fully saturated rings. The Kier molecular flexibility index (Phi) is 5.94. The van der Waals surface area contributed by atoms with Gasteiger partial charge in [0.05, 0.1) is 6.61 Å². The highest BCUT2D eigenvalue weighted by molar-refractivity contribution is 7.73. The molecular formula is C10H19N3OS2. The van der Waals surface area contributed by atoms with E-state index in [9.17, 15) is 0 Å². The summed E-state index contributed by atoms with van der Waals surface area (Å²) < 4.78 is 5.86. The topological polar surface area (TPSA) is 41.1 Å². The van der Waals surface area contributed by atoms with Crippen molar-refractivity contribution in [2.45, 2.75) is 32.7 Å². The summed E-state index contributed by atoms with van der Waals surface area (Å²) in [4.78, 5) is 2.28. The molecule has 0 atom stereocenters. The van der Waals surface area contributed by atoms with Gasteiger partial charge in [0.25, 0.3) is 0 Å². The Bertz CT molecular complexity index is 346. The van der Waals surface area contributed by atoms with Gasteiger partial charge in [-0.25, -0.2) is 0 Å². The van der Waals surface area contributed by atoms with Crippen molar-refractivity contribution in [1.82, 2.24) is 10.2 Å². The van der Waals surface area contributed by atoms with Crippen molar-refractivity contribution in [2.24, 2.45) is 0 Å². The van der Waals surface area contributed by atoms with Gasteiger partial charge in [-0.05, 0) is 25.1 Å². The smallest absolute Gasteiger partial charge is 0.207 e. The molecule has 16 heavy (non-hydrogen) atoms. The monoisotopic (exact) mass is 261 g/mol. The van der Waals surface area contributed by atoms with E-state index in [-0.39, 0.29) is 0 Å². The summed E-state index contributed by atoms with van der Waals surface area (Å²) in [6.07, 6.45) is 2.21. The molecule has 6 heteroatoms. The van der Waals surface area contributed by atoms with Gasteiger partial charge in [0.15, 0.2) is 3.95 Å². The quantitative estimate of drug-likeness (QED) is 0.766. The van der Waals surface area contributed by atoms with E-state index < -0.39 is 0 Å². The second-order valence-electron chi connectivity index (χ2n) is 3.55. The lowest BCUT2D eigenvalue weighted by atomic mass is 10.1. The summed E-state index contributed by atoms with van der Waals surface area (Å²) in [6, 6.07) is 0.504.